The Balaban J connectivity index is 2.73. The lowest BCUT2D eigenvalue weighted by Crippen LogP contribution is -2.55. The molecule has 0 aliphatic rings. The molecule has 26 heavy (non-hydrogen) atoms. The van der Waals surface area contributed by atoms with Crippen molar-refractivity contribution in [2.24, 2.45) is 0 Å². The van der Waals surface area contributed by atoms with E-state index < -0.39 is 46.4 Å². The molecule has 0 fully saturated rings. The number of rotatable bonds is 3. The third-order valence-electron chi connectivity index (χ3n) is 3.68. The van der Waals surface area contributed by atoms with Gasteiger partial charge >= 0.3 is 18.3 Å². The van der Waals surface area contributed by atoms with Gasteiger partial charge in [-0.2, -0.15) is 35.1 Å². The zero-order valence-electron chi connectivity index (χ0n) is 12.5. The van der Waals surface area contributed by atoms with Crippen molar-refractivity contribution in [3.8, 4) is 0 Å². The van der Waals surface area contributed by atoms with Gasteiger partial charge in [0.25, 0.3) is 0 Å². The van der Waals surface area contributed by atoms with E-state index in [9.17, 15) is 44.6 Å². The summed E-state index contributed by atoms with van der Waals surface area (Å²) in [6.07, 6.45) is -11.1. The second-order valence-corrected chi connectivity index (χ2v) is 5.37. The molecule has 0 aromatic heterocycles. The summed E-state index contributed by atoms with van der Waals surface area (Å²) in [5.74, 6) is -7.04. The van der Waals surface area contributed by atoms with Crippen LogP contribution < -0.4 is 0 Å². The molecule has 0 saturated heterocycles. The summed E-state index contributed by atoms with van der Waals surface area (Å²) in [5.41, 5.74) is -7.81. The molecule has 0 aliphatic carbocycles. The number of alkyl halides is 8. The molecule has 0 heterocycles. The van der Waals surface area contributed by atoms with Crippen LogP contribution in [-0.2, 0) is 11.8 Å². The van der Waals surface area contributed by atoms with Crippen LogP contribution in [0.5, 0.6) is 0 Å². The normalized spacial score (nSPS) is 15.6. The Bertz CT molecular complexity index is 778. The fourth-order valence-corrected chi connectivity index (χ4v) is 2.35. The summed E-state index contributed by atoms with van der Waals surface area (Å²) < 4.78 is 118. The van der Waals surface area contributed by atoms with Crippen molar-refractivity contribution >= 4 is 0 Å². The van der Waals surface area contributed by atoms with Gasteiger partial charge in [0.05, 0.1) is 5.56 Å². The zero-order chi connectivity index (χ0) is 20.0. The van der Waals surface area contributed by atoms with Gasteiger partial charge in [0, 0.05) is 0 Å². The Morgan fingerprint density at radius 3 is 1.58 bits per heavy atom. The zero-order valence-corrected chi connectivity index (χ0v) is 12.5. The summed E-state index contributed by atoms with van der Waals surface area (Å²) in [5, 5.41) is 10.3. The van der Waals surface area contributed by atoms with E-state index >= 15 is 0 Å². The first-order valence-electron chi connectivity index (χ1n) is 6.82. The molecule has 2 aromatic rings. The maximum atomic E-state index is 14.1. The molecule has 10 heteroatoms. The highest BCUT2D eigenvalue weighted by Crippen LogP contribution is 2.52. The molecule has 1 atom stereocenters. The van der Waals surface area contributed by atoms with Gasteiger partial charge in [0.2, 0.25) is 0 Å². The summed E-state index contributed by atoms with van der Waals surface area (Å²) in [7, 11) is 0. The molecular weight excluding hydrogens is 379 g/mol. The van der Waals surface area contributed by atoms with Crippen molar-refractivity contribution in [2.75, 3.05) is 0 Å². The Hall–Kier alpha value is -2.23. The van der Waals surface area contributed by atoms with Gasteiger partial charge in [-0.25, -0.2) is 4.39 Å². The van der Waals surface area contributed by atoms with E-state index in [0.29, 0.717) is 6.07 Å². The lowest BCUT2D eigenvalue weighted by Gasteiger charge is -2.37. The number of benzene rings is 2. The van der Waals surface area contributed by atoms with Gasteiger partial charge < -0.3 is 5.11 Å². The number of hydrogen-bond acceptors (Lipinski definition) is 1. The molecule has 0 spiro atoms. The van der Waals surface area contributed by atoms with Gasteiger partial charge in [-0.15, -0.1) is 0 Å². The summed E-state index contributed by atoms with van der Waals surface area (Å²) >= 11 is 0. The SMILES string of the molecule is OC(c1ccc(C(F)(F)F)cc1)(c1cccc(F)c1)C(F)(F)C(F)(F)F. The van der Waals surface area contributed by atoms with Gasteiger partial charge in [-0.3, -0.25) is 0 Å². The van der Waals surface area contributed by atoms with Crippen LogP contribution in [0.25, 0.3) is 0 Å². The minimum absolute atomic E-state index is 0.242. The van der Waals surface area contributed by atoms with Crippen LogP contribution in [0.15, 0.2) is 48.5 Å². The number of halogens is 9. The molecule has 0 aliphatic heterocycles. The maximum absolute atomic E-state index is 14.1. The molecule has 1 N–H and O–H groups in total. The quantitative estimate of drug-likeness (QED) is 0.710. The summed E-state index contributed by atoms with van der Waals surface area (Å²) in [6.45, 7) is 0. The average molecular weight is 388 g/mol. The van der Waals surface area contributed by atoms with E-state index in [2.05, 4.69) is 0 Å². The number of aliphatic hydroxyl groups is 1. The first kappa shape index (κ1) is 20.1. The molecule has 142 valence electrons. The highest BCUT2D eigenvalue weighted by atomic mass is 19.4. The Labute approximate surface area is 140 Å². The first-order valence-corrected chi connectivity index (χ1v) is 6.82. The van der Waals surface area contributed by atoms with E-state index in [1.807, 2.05) is 0 Å². The largest absolute Gasteiger partial charge is 0.457 e. The Morgan fingerprint density at radius 1 is 0.654 bits per heavy atom. The molecule has 0 bridgehead atoms. The van der Waals surface area contributed by atoms with Crippen LogP contribution in [0.3, 0.4) is 0 Å². The van der Waals surface area contributed by atoms with E-state index in [0.717, 1.165) is 12.1 Å². The summed E-state index contributed by atoms with van der Waals surface area (Å²) in [4.78, 5) is 0. The minimum Gasteiger partial charge on any atom is -0.374 e. The minimum atomic E-state index is -6.27. The van der Waals surface area contributed by atoms with E-state index in [1.54, 1.807) is 0 Å². The molecule has 2 rings (SSSR count). The van der Waals surface area contributed by atoms with Crippen molar-refractivity contribution in [1.29, 1.82) is 0 Å². The van der Waals surface area contributed by atoms with Crippen molar-refractivity contribution in [3.63, 3.8) is 0 Å². The lowest BCUT2D eigenvalue weighted by molar-refractivity contribution is -0.336. The van der Waals surface area contributed by atoms with Crippen LogP contribution in [-0.4, -0.2) is 17.2 Å². The third-order valence-corrected chi connectivity index (χ3v) is 3.68. The van der Waals surface area contributed by atoms with Crippen LogP contribution >= 0.6 is 0 Å². The van der Waals surface area contributed by atoms with Gasteiger partial charge in [-0.1, -0.05) is 24.3 Å². The fraction of sp³-hybridized carbons (Fsp3) is 0.250. The van der Waals surface area contributed by atoms with Crippen LogP contribution in [0.4, 0.5) is 39.5 Å². The van der Waals surface area contributed by atoms with Crippen molar-refractivity contribution < 1.29 is 44.6 Å². The Kier molecular flexibility index (Phi) is 4.78. The van der Waals surface area contributed by atoms with Gasteiger partial charge in [-0.05, 0) is 35.4 Å². The average Bonchev–Trinajstić information content (AvgIpc) is 2.52. The predicted octanol–water partition coefficient (Wildman–Crippen LogP) is 5.28. The molecular formula is C16H9F9O. The molecule has 0 amide bonds. The molecule has 1 unspecified atom stereocenters. The highest BCUT2D eigenvalue weighted by Gasteiger charge is 2.71. The highest BCUT2D eigenvalue weighted by molar-refractivity contribution is 5.41. The van der Waals surface area contributed by atoms with Crippen molar-refractivity contribution in [3.05, 3.63) is 71.0 Å². The van der Waals surface area contributed by atoms with Gasteiger partial charge in [0.1, 0.15) is 5.82 Å². The second kappa shape index (κ2) is 6.19. The molecule has 1 nitrogen and oxygen atoms in total. The summed E-state index contributed by atoms with van der Waals surface area (Å²) in [6, 6.07) is 3.44. The first-order chi connectivity index (χ1) is 11.7. The van der Waals surface area contributed by atoms with Crippen LogP contribution in [0.1, 0.15) is 16.7 Å². The van der Waals surface area contributed by atoms with Crippen LogP contribution in [0.2, 0.25) is 0 Å². The Morgan fingerprint density at radius 2 is 1.15 bits per heavy atom. The topological polar surface area (TPSA) is 20.2 Å². The van der Waals surface area contributed by atoms with Crippen molar-refractivity contribution in [1.82, 2.24) is 0 Å². The van der Waals surface area contributed by atoms with E-state index in [1.165, 1.54) is 0 Å². The number of hydrogen-bond donors (Lipinski definition) is 1. The standard InChI is InChI=1S/C16H9F9O/c17-12-3-1-2-11(8-12)13(26,15(21,22)16(23,24)25)9-4-6-10(7-5-9)14(18,19)20/h1-8,26H. The lowest BCUT2D eigenvalue weighted by atomic mass is 9.80. The smallest absolute Gasteiger partial charge is 0.374 e. The van der Waals surface area contributed by atoms with Gasteiger partial charge in [0.15, 0.2) is 5.60 Å². The van der Waals surface area contributed by atoms with Crippen molar-refractivity contribution in [2.45, 2.75) is 23.9 Å². The predicted molar refractivity (Wildman–Crippen MR) is 71.8 cm³/mol. The molecule has 2 aromatic carbocycles. The second-order valence-electron chi connectivity index (χ2n) is 5.37. The molecule has 0 saturated carbocycles. The third kappa shape index (κ3) is 3.25. The van der Waals surface area contributed by atoms with E-state index in [-0.39, 0.29) is 30.3 Å². The monoisotopic (exact) mass is 388 g/mol. The molecule has 0 radical (unpaired) electrons. The maximum Gasteiger partial charge on any atom is 0.457 e. The fourth-order valence-electron chi connectivity index (χ4n) is 2.35. The van der Waals surface area contributed by atoms with Crippen LogP contribution in [0, 0.1) is 5.82 Å². The van der Waals surface area contributed by atoms with E-state index in [4.69, 9.17) is 0 Å².